The first-order chi connectivity index (χ1) is 12.2. The molecule has 3 aromatic rings. The highest BCUT2D eigenvalue weighted by Gasteiger charge is 2.16. The van der Waals surface area contributed by atoms with Gasteiger partial charge in [-0.15, -0.1) is 13.2 Å². The van der Waals surface area contributed by atoms with E-state index in [1.165, 1.54) is 0 Å². The molecule has 3 rings (SSSR count). The summed E-state index contributed by atoms with van der Waals surface area (Å²) in [7, 11) is 0. The van der Waals surface area contributed by atoms with E-state index in [1.54, 1.807) is 29.2 Å². The van der Waals surface area contributed by atoms with Crippen LogP contribution in [0.25, 0.3) is 21.8 Å². The Kier molecular flexibility index (Phi) is 4.80. The molecule has 0 spiro atoms. The Morgan fingerprint density at radius 2 is 1.40 bits per heavy atom. The molecule has 0 fully saturated rings. The maximum atomic E-state index is 12.8. The molecule has 0 atom stereocenters. The van der Waals surface area contributed by atoms with Crippen LogP contribution in [0.4, 0.5) is 0 Å². The quantitative estimate of drug-likeness (QED) is 0.513. The van der Waals surface area contributed by atoms with Gasteiger partial charge in [0.25, 0.3) is 0 Å². The summed E-state index contributed by atoms with van der Waals surface area (Å²) in [4.78, 5) is 27.2. The van der Waals surface area contributed by atoms with Crippen molar-refractivity contribution in [3.05, 3.63) is 84.1 Å². The zero-order chi connectivity index (χ0) is 17.8. The predicted octanol–water partition coefficient (Wildman–Crippen LogP) is 3.36. The monoisotopic (exact) mass is 332 g/mol. The minimum absolute atomic E-state index is 0.0102. The summed E-state index contributed by atoms with van der Waals surface area (Å²) in [6.07, 6.45) is 3.39. The molecule has 0 aliphatic carbocycles. The van der Waals surface area contributed by atoms with Gasteiger partial charge in [0.2, 0.25) is 5.91 Å². The number of benzene rings is 2. The van der Waals surface area contributed by atoms with Crippen LogP contribution in [0.1, 0.15) is 0 Å². The molecule has 25 heavy (non-hydrogen) atoms. The average Bonchev–Trinajstić information content (AvgIpc) is 2.65. The third kappa shape index (κ3) is 3.11. The van der Waals surface area contributed by atoms with Gasteiger partial charge in [0.15, 0.2) is 5.43 Å². The van der Waals surface area contributed by atoms with Crippen molar-refractivity contribution >= 4 is 27.7 Å². The molecule has 0 saturated heterocycles. The highest BCUT2D eigenvalue weighted by molar-refractivity contribution is 5.94. The lowest BCUT2D eigenvalue weighted by Crippen LogP contribution is -2.34. The summed E-state index contributed by atoms with van der Waals surface area (Å²) in [6.45, 7) is 8.49. The number of para-hydroxylation sites is 2. The van der Waals surface area contributed by atoms with E-state index in [0.29, 0.717) is 23.9 Å². The molecule has 126 valence electrons. The topological polar surface area (TPSA) is 42.3 Å². The van der Waals surface area contributed by atoms with Gasteiger partial charge in [-0.25, -0.2) is 0 Å². The highest BCUT2D eigenvalue weighted by atomic mass is 16.2. The van der Waals surface area contributed by atoms with Crippen LogP contribution in [0.2, 0.25) is 0 Å². The lowest BCUT2D eigenvalue weighted by atomic mass is 10.1. The van der Waals surface area contributed by atoms with Crippen molar-refractivity contribution in [2.75, 3.05) is 13.1 Å². The molecule has 1 amide bonds. The van der Waals surface area contributed by atoms with E-state index in [0.717, 1.165) is 11.0 Å². The summed E-state index contributed by atoms with van der Waals surface area (Å²) >= 11 is 0. The van der Waals surface area contributed by atoms with Crippen LogP contribution >= 0.6 is 0 Å². The molecule has 0 unspecified atom stereocenters. The number of pyridine rings is 1. The van der Waals surface area contributed by atoms with Crippen molar-refractivity contribution < 1.29 is 4.79 Å². The zero-order valence-electron chi connectivity index (χ0n) is 14.0. The Hall–Kier alpha value is -3.14. The van der Waals surface area contributed by atoms with E-state index in [2.05, 4.69) is 13.2 Å². The summed E-state index contributed by atoms with van der Waals surface area (Å²) in [6, 6.07) is 14.8. The Labute approximate surface area is 146 Å². The predicted molar refractivity (Wildman–Crippen MR) is 103 cm³/mol. The summed E-state index contributed by atoms with van der Waals surface area (Å²) in [5, 5.41) is 1.24. The molecule has 0 aliphatic heterocycles. The van der Waals surface area contributed by atoms with E-state index in [4.69, 9.17) is 0 Å². The maximum Gasteiger partial charge on any atom is 0.243 e. The Morgan fingerprint density at radius 3 is 1.88 bits per heavy atom. The summed E-state index contributed by atoms with van der Waals surface area (Å²) in [5.41, 5.74) is 1.51. The number of rotatable bonds is 6. The van der Waals surface area contributed by atoms with E-state index < -0.39 is 0 Å². The number of nitrogens with zero attached hydrogens (tertiary/aromatic N) is 2. The molecule has 0 aliphatic rings. The first-order valence-corrected chi connectivity index (χ1v) is 8.17. The number of amides is 1. The second kappa shape index (κ2) is 7.18. The smallest absolute Gasteiger partial charge is 0.243 e. The second-order valence-corrected chi connectivity index (χ2v) is 5.83. The molecule has 1 aromatic heterocycles. The largest absolute Gasteiger partial charge is 0.334 e. The number of hydrogen-bond acceptors (Lipinski definition) is 2. The summed E-state index contributed by atoms with van der Waals surface area (Å²) in [5.74, 6) is -0.0428. The van der Waals surface area contributed by atoms with Gasteiger partial charge < -0.3 is 9.47 Å². The van der Waals surface area contributed by atoms with Crippen molar-refractivity contribution in [1.29, 1.82) is 0 Å². The van der Waals surface area contributed by atoms with E-state index in [1.807, 2.05) is 41.0 Å². The molecule has 4 nitrogen and oxygen atoms in total. The average molecular weight is 332 g/mol. The van der Waals surface area contributed by atoms with Crippen LogP contribution < -0.4 is 5.43 Å². The van der Waals surface area contributed by atoms with Gasteiger partial charge in [0.1, 0.15) is 6.54 Å². The molecule has 2 aromatic carbocycles. The van der Waals surface area contributed by atoms with E-state index >= 15 is 0 Å². The highest BCUT2D eigenvalue weighted by Crippen LogP contribution is 2.19. The Morgan fingerprint density at radius 1 is 0.920 bits per heavy atom. The molecule has 0 bridgehead atoms. The Balaban J connectivity index is 2.18. The SMILES string of the molecule is C=CCN(CC=C)C(=O)Cn1c2ccccc2c(=O)c2ccccc21. The normalized spacial score (nSPS) is 10.7. The molecule has 0 radical (unpaired) electrons. The number of carbonyl (C=O) groups excluding carboxylic acids is 1. The lowest BCUT2D eigenvalue weighted by molar-refractivity contribution is -0.130. The third-order valence-electron chi connectivity index (χ3n) is 4.22. The van der Waals surface area contributed by atoms with Gasteiger partial charge in [-0.05, 0) is 24.3 Å². The second-order valence-electron chi connectivity index (χ2n) is 5.83. The minimum atomic E-state index is -0.0428. The Bertz CT molecular complexity index is 947. The van der Waals surface area contributed by atoms with Crippen LogP contribution in [0.3, 0.4) is 0 Å². The summed E-state index contributed by atoms with van der Waals surface area (Å²) < 4.78 is 1.91. The fourth-order valence-corrected chi connectivity index (χ4v) is 3.07. The van der Waals surface area contributed by atoms with Gasteiger partial charge in [-0.3, -0.25) is 9.59 Å². The molecular weight excluding hydrogens is 312 g/mol. The van der Waals surface area contributed by atoms with Gasteiger partial charge in [-0.1, -0.05) is 36.4 Å². The number of carbonyl (C=O) groups is 1. The van der Waals surface area contributed by atoms with Gasteiger partial charge in [0, 0.05) is 23.9 Å². The number of fused-ring (bicyclic) bond motifs is 2. The van der Waals surface area contributed by atoms with Crippen molar-refractivity contribution in [3.8, 4) is 0 Å². The van der Waals surface area contributed by atoms with Gasteiger partial charge in [0.05, 0.1) is 11.0 Å². The van der Waals surface area contributed by atoms with Crippen LogP contribution in [0, 0.1) is 0 Å². The fourth-order valence-electron chi connectivity index (χ4n) is 3.07. The maximum absolute atomic E-state index is 12.8. The standard InChI is InChI=1S/C21H20N2O2/c1-3-13-22(14-4-2)20(24)15-23-18-11-7-5-9-16(18)21(25)17-10-6-8-12-19(17)23/h3-12H,1-2,13-15H2. The van der Waals surface area contributed by atoms with Crippen LogP contribution in [-0.4, -0.2) is 28.5 Å². The molecule has 0 saturated carbocycles. The van der Waals surface area contributed by atoms with Crippen LogP contribution in [0.15, 0.2) is 78.6 Å². The molecule has 4 heteroatoms. The minimum Gasteiger partial charge on any atom is -0.334 e. The molecular formula is C21H20N2O2. The number of hydrogen-bond donors (Lipinski definition) is 0. The lowest BCUT2D eigenvalue weighted by Gasteiger charge is -2.22. The van der Waals surface area contributed by atoms with Crippen molar-refractivity contribution in [2.24, 2.45) is 0 Å². The fraction of sp³-hybridized carbons (Fsp3) is 0.143. The van der Waals surface area contributed by atoms with Crippen LogP contribution in [0.5, 0.6) is 0 Å². The van der Waals surface area contributed by atoms with Crippen molar-refractivity contribution in [1.82, 2.24) is 9.47 Å². The van der Waals surface area contributed by atoms with Gasteiger partial charge >= 0.3 is 0 Å². The van der Waals surface area contributed by atoms with E-state index in [-0.39, 0.29) is 17.9 Å². The van der Waals surface area contributed by atoms with Crippen LogP contribution in [-0.2, 0) is 11.3 Å². The molecule has 0 N–H and O–H groups in total. The molecule has 1 heterocycles. The van der Waals surface area contributed by atoms with Gasteiger partial charge in [-0.2, -0.15) is 0 Å². The van der Waals surface area contributed by atoms with Crippen molar-refractivity contribution in [3.63, 3.8) is 0 Å². The first-order valence-electron chi connectivity index (χ1n) is 8.17. The third-order valence-corrected chi connectivity index (χ3v) is 4.22. The zero-order valence-corrected chi connectivity index (χ0v) is 14.0. The first kappa shape index (κ1) is 16.7. The van der Waals surface area contributed by atoms with E-state index in [9.17, 15) is 9.59 Å². The number of aromatic nitrogens is 1. The van der Waals surface area contributed by atoms with Crippen molar-refractivity contribution in [2.45, 2.75) is 6.54 Å².